The number of amides is 1. The quantitative estimate of drug-likeness (QED) is 0.704. The normalized spacial score (nSPS) is 11.2. The van der Waals surface area contributed by atoms with Crippen LogP contribution >= 0.6 is 39.1 Å². The van der Waals surface area contributed by atoms with E-state index >= 15 is 0 Å². The SMILES string of the molecule is CC(=O)Nc1ccc(F)c(NS(=O)(=O)c2c(Cl)cc(Br)cc2Cl)c1. The van der Waals surface area contributed by atoms with Crippen LogP contribution in [-0.4, -0.2) is 14.3 Å². The van der Waals surface area contributed by atoms with Crippen molar-refractivity contribution < 1.29 is 17.6 Å². The topological polar surface area (TPSA) is 75.3 Å². The molecule has 0 heterocycles. The first-order chi connectivity index (χ1) is 11.1. The molecule has 0 aliphatic rings. The summed E-state index contributed by atoms with van der Waals surface area (Å²) >= 11 is 15.0. The third kappa shape index (κ3) is 4.38. The molecule has 2 N–H and O–H groups in total. The highest BCUT2D eigenvalue weighted by atomic mass is 79.9. The first-order valence-electron chi connectivity index (χ1n) is 6.34. The fraction of sp³-hybridized carbons (Fsp3) is 0.0714. The lowest BCUT2D eigenvalue weighted by atomic mass is 10.2. The largest absolute Gasteiger partial charge is 0.326 e. The number of hydrogen-bond donors (Lipinski definition) is 2. The maximum absolute atomic E-state index is 13.9. The smallest absolute Gasteiger partial charge is 0.264 e. The molecule has 5 nitrogen and oxygen atoms in total. The summed E-state index contributed by atoms with van der Waals surface area (Å²) in [6.45, 7) is 1.27. The summed E-state index contributed by atoms with van der Waals surface area (Å²) in [4.78, 5) is 10.7. The van der Waals surface area contributed by atoms with Crippen molar-refractivity contribution in [1.29, 1.82) is 0 Å². The summed E-state index contributed by atoms with van der Waals surface area (Å²) in [5, 5.41) is 2.18. The number of carbonyl (C=O) groups is 1. The van der Waals surface area contributed by atoms with E-state index in [1.54, 1.807) is 0 Å². The summed E-state index contributed by atoms with van der Waals surface area (Å²) in [6, 6.07) is 6.18. The molecule has 0 atom stereocenters. The minimum absolute atomic E-state index is 0.125. The van der Waals surface area contributed by atoms with E-state index in [9.17, 15) is 17.6 Å². The second-order valence-corrected chi connectivity index (χ2v) is 8.03. The van der Waals surface area contributed by atoms with Gasteiger partial charge in [-0.3, -0.25) is 9.52 Å². The predicted octanol–water partition coefficient (Wildman–Crippen LogP) is 4.65. The maximum atomic E-state index is 13.9. The molecule has 0 aliphatic carbocycles. The predicted molar refractivity (Wildman–Crippen MR) is 95.7 cm³/mol. The molecule has 0 radical (unpaired) electrons. The van der Waals surface area contributed by atoms with Gasteiger partial charge in [0.1, 0.15) is 10.7 Å². The average Bonchev–Trinajstić information content (AvgIpc) is 2.40. The highest BCUT2D eigenvalue weighted by Gasteiger charge is 2.24. The molecule has 24 heavy (non-hydrogen) atoms. The van der Waals surface area contributed by atoms with Crippen molar-refractivity contribution in [3.8, 4) is 0 Å². The van der Waals surface area contributed by atoms with Crippen LogP contribution in [0.15, 0.2) is 39.7 Å². The Labute approximate surface area is 156 Å². The Bertz CT molecular complexity index is 899. The van der Waals surface area contributed by atoms with Crippen molar-refractivity contribution in [3.05, 3.63) is 50.7 Å². The summed E-state index contributed by atoms with van der Waals surface area (Å²) < 4.78 is 41.5. The number of nitrogens with one attached hydrogen (secondary N) is 2. The molecule has 0 saturated heterocycles. The Balaban J connectivity index is 2.45. The molecule has 0 spiro atoms. The van der Waals surface area contributed by atoms with Gasteiger partial charge in [0.05, 0.1) is 15.7 Å². The lowest BCUT2D eigenvalue weighted by molar-refractivity contribution is -0.114. The first-order valence-corrected chi connectivity index (χ1v) is 9.38. The van der Waals surface area contributed by atoms with Gasteiger partial charge in [0.25, 0.3) is 10.0 Å². The fourth-order valence-corrected chi connectivity index (χ4v) is 4.86. The second-order valence-electron chi connectivity index (χ2n) is 4.68. The van der Waals surface area contributed by atoms with Gasteiger partial charge < -0.3 is 5.32 Å². The van der Waals surface area contributed by atoms with Gasteiger partial charge in [-0.05, 0) is 30.3 Å². The Kier molecular flexibility index (Phi) is 5.74. The van der Waals surface area contributed by atoms with Gasteiger partial charge in [0, 0.05) is 17.1 Å². The van der Waals surface area contributed by atoms with Crippen LogP contribution in [0.1, 0.15) is 6.92 Å². The van der Waals surface area contributed by atoms with Crippen LogP contribution in [0, 0.1) is 5.82 Å². The molecule has 0 aliphatic heterocycles. The van der Waals surface area contributed by atoms with Crippen molar-refractivity contribution in [1.82, 2.24) is 0 Å². The number of hydrogen-bond acceptors (Lipinski definition) is 3. The number of benzene rings is 2. The van der Waals surface area contributed by atoms with Gasteiger partial charge in [-0.15, -0.1) is 0 Å². The number of rotatable bonds is 4. The fourth-order valence-electron chi connectivity index (χ4n) is 1.87. The van der Waals surface area contributed by atoms with E-state index in [1.165, 1.54) is 25.1 Å². The molecule has 2 aromatic rings. The van der Waals surface area contributed by atoms with Crippen molar-refractivity contribution in [2.75, 3.05) is 10.0 Å². The van der Waals surface area contributed by atoms with E-state index in [0.717, 1.165) is 12.1 Å². The zero-order valence-electron chi connectivity index (χ0n) is 12.0. The Morgan fingerprint density at radius 2 is 1.75 bits per heavy atom. The lowest BCUT2D eigenvalue weighted by Crippen LogP contribution is -2.15. The molecule has 0 fully saturated rings. The molecule has 1 amide bonds. The van der Waals surface area contributed by atoms with Gasteiger partial charge in [-0.25, -0.2) is 12.8 Å². The average molecular weight is 456 g/mol. The molecule has 128 valence electrons. The molecule has 0 aromatic heterocycles. The van der Waals surface area contributed by atoms with Gasteiger partial charge in [-0.2, -0.15) is 0 Å². The van der Waals surface area contributed by atoms with Crippen LogP contribution in [0.5, 0.6) is 0 Å². The van der Waals surface area contributed by atoms with E-state index in [2.05, 4.69) is 26.0 Å². The zero-order chi connectivity index (χ0) is 18.1. The monoisotopic (exact) mass is 454 g/mol. The van der Waals surface area contributed by atoms with Crippen LogP contribution in [-0.2, 0) is 14.8 Å². The Morgan fingerprint density at radius 1 is 1.17 bits per heavy atom. The number of halogens is 4. The van der Waals surface area contributed by atoms with Gasteiger partial charge in [0.15, 0.2) is 0 Å². The number of anilines is 2. The lowest BCUT2D eigenvalue weighted by Gasteiger charge is -2.13. The molecule has 0 unspecified atom stereocenters. The first kappa shape index (κ1) is 19.0. The molecule has 2 aromatic carbocycles. The minimum atomic E-state index is -4.25. The minimum Gasteiger partial charge on any atom is -0.326 e. The third-order valence-corrected chi connectivity index (χ3v) is 5.51. The van der Waals surface area contributed by atoms with Crippen LogP contribution < -0.4 is 10.0 Å². The van der Waals surface area contributed by atoms with Crippen molar-refractivity contribution in [3.63, 3.8) is 0 Å². The molecule has 10 heteroatoms. The molecule has 0 bridgehead atoms. The summed E-state index contributed by atoms with van der Waals surface area (Å²) in [5.41, 5.74) is -0.120. The van der Waals surface area contributed by atoms with E-state index < -0.39 is 15.8 Å². The molecular formula is C14H10BrCl2FN2O3S. The van der Waals surface area contributed by atoms with Crippen LogP contribution in [0.25, 0.3) is 0 Å². The summed E-state index contributed by atoms with van der Waals surface area (Å²) in [7, 11) is -4.25. The number of carbonyl (C=O) groups excluding carboxylic acids is 1. The van der Waals surface area contributed by atoms with E-state index in [-0.39, 0.29) is 32.2 Å². The van der Waals surface area contributed by atoms with Crippen molar-refractivity contribution in [2.45, 2.75) is 11.8 Å². The van der Waals surface area contributed by atoms with Crippen molar-refractivity contribution in [2.24, 2.45) is 0 Å². The van der Waals surface area contributed by atoms with Gasteiger partial charge in [-0.1, -0.05) is 39.1 Å². The highest BCUT2D eigenvalue weighted by molar-refractivity contribution is 9.10. The second kappa shape index (κ2) is 7.26. The summed E-state index contributed by atoms with van der Waals surface area (Å²) in [5.74, 6) is -1.20. The van der Waals surface area contributed by atoms with Crippen LogP contribution in [0.4, 0.5) is 15.8 Å². The van der Waals surface area contributed by atoms with E-state index in [0.29, 0.717) is 4.47 Å². The van der Waals surface area contributed by atoms with Gasteiger partial charge in [0.2, 0.25) is 5.91 Å². The van der Waals surface area contributed by atoms with E-state index in [1.807, 2.05) is 0 Å². The zero-order valence-corrected chi connectivity index (χ0v) is 15.9. The molecule has 0 saturated carbocycles. The molecule has 2 rings (SSSR count). The third-order valence-electron chi connectivity index (χ3n) is 2.76. The van der Waals surface area contributed by atoms with Crippen LogP contribution in [0.3, 0.4) is 0 Å². The summed E-state index contributed by atoms with van der Waals surface area (Å²) in [6.07, 6.45) is 0. The van der Waals surface area contributed by atoms with E-state index in [4.69, 9.17) is 23.2 Å². The number of sulfonamides is 1. The van der Waals surface area contributed by atoms with Crippen LogP contribution in [0.2, 0.25) is 10.0 Å². The Morgan fingerprint density at radius 3 is 2.29 bits per heavy atom. The Hall–Kier alpha value is -1.35. The van der Waals surface area contributed by atoms with Crippen molar-refractivity contribution >= 4 is 66.4 Å². The van der Waals surface area contributed by atoms with Gasteiger partial charge >= 0.3 is 0 Å². The maximum Gasteiger partial charge on any atom is 0.264 e. The standard InChI is InChI=1S/C14H10BrCl2FN2O3S/c1-7(21)19-9-2-3-12(18)13(6-9)20-24(22,23)14-10(16)4-8(15)5-11(14)17/h2-6,20H,1H3,(H,19,21). The molecular weight excluding hydrogens is 446 g/mol. The highest BCUT2D eigenvalue weighted by Crippen LogP contribution is 2.34.